The van der Waals surface area contributed by atoms with Crippen LogP contribution in [0.25, 0.3) is 10.8 Å². The fraction of sp³-hybridized carbons (Fsp3) is 0.400. The van der Waals surface area contributed by atoms with Crippen molar-refractivity contribution >= 4 is 16.6 Å². The molecule has 1 saturated heterocycles. The quantitative estimate of drug-likeness (QED) is 0.727. The van der Waals surface area contributed by atoms with Crippen molar-refractivity contribution in [1.29, 1.82) is 0 Å². The molecule has 0 radical (unpaired) electrons. The Bertz CT molecular complexity index is 984. The van der Waals surface area contributed by atoms with E-state index in [2.05, 4.69) is 32.2 Å². The van der Waals surface area contributed by atoms with Gasteiger partial charge in [0.05, 0.1) is 12.5 Å². The maximum Gasteiger partial charge on any atom is 0.256 e. The van der Waals surface area contributed by atoms with Crippen LogP contribution in [-0.2, 0) is 6.54 Å². The van der Waals surface area contributed by atoms with Crippen LogP contribution in [0.1, 0.15) is 24.1 Å². The molecule has 6 heteroatoms. The minimum atomic E-state index is 0.0832. The predicted octanol–water partition coefficient (Wildman–Crippen LogP) is 2.72. The van der Waals surface area contributed by atoms with Crippen molar-refractivity contribution in [3.05, 3.63) is 58.4 Å². The van der Waals surface area contributed by atoms with Gasteiger partial charge >= 0.3 is 0 Å². The minimum Gasteiger partial charge on any atom is -0.355 e. The third-order valence-electron chi connectivity index (χ3n) is 5.44. The summed E-state index contributed by atoms with van der Waals surface area (Å²) in [6, 6.07) is 8.24. The Morgan fingerprint density at radius 1 is 1.15 bits per heavy atom. The summed E-state index contributed by atoms with van der Waals surface area (Å²) < 4.78 is 1.76. The zero-order valence-corrected chi connectivity index (χ0v) is 15.2. The van der Waals surface area contributed by atoms with Crippen molar-refractivity contribution in [3.63, 3.8) is 0 Å². The second-order valence-corrected chi connectivity index (χ2v) is 7.10. The summed E-state index contributed by atoms with van der Waals surface area (Å²) >= 11 is 0. The maximum atomic E-state index is 12.4. The Labute approximate surface area is 152 Å². The molecular weight excluding hydrogens is 326 g/mol. The lowest BCUT2D eigenvalue weighted by molar-refractivity contribution is 0.349. The van der Waals surface area contributed by atoms with Crippen molar-refractivity contribution in [2.45, 2.75) is 33.2 Å². The van der Waals surface area contributed by atoms with E-state index in [-0.39, 0.29) is 5.56 Å². The molecule has 26 heavy (non-hydrogen) atoms. The molecule has 3 heterocycles. The standard InChI is InChI=1S/C20H23N5O/c1-14-15(2)21-13-25(20(14)26)12-16-7-9-24(10-8-16)19-18-6-4-3-5-17(18)11-22-23-19/h3-6,11,13,16H,7-10,12H2,1-2H3. The molecule has 1 aliphatic rings. The SMILES string of the molecule is Cc1ncn(CC2CCN(c3nncc4ccccc34)CC2)c(=O)c1C. The van der Waals surface area contributed by atoms with E-state index < -0.39 is 0 Å². The number of piperidine rings is 1. The normalized spacial score (nSPS) is 15.5. The second kappa shape index (κ2) is 6.86. The molecule has 4 rings (SSSR count). The number of anilines is 1. The van der Waals surface area contributed by atoms with Crippen LogP contribution >= 0.6 is 0 Å². The van der Waals surface area contributed by atoms with Crippen LogP contribution in [0.15, 0.2) is 41.6 Å². The molecule has 0 amide bonds. The van der Waals surface area contributed by atoms with Gasteiger partial charge in [-0.25, -0.2) is 4.98 Å². The highest BCUT2D eigenvalue weighted by Crippen LogP contribution is 2.27. The van der Waals surface area contributed by atoms with Gasteiger partial charge in [0.1, 0.15) is 0 Å². The molecule has 0 N–H and O–H groups in total. The zero-order chi connectivity index (χ0) is 18.1. The molecule has 3 aromatic rings. The van der Waals surface area contributed by atoms with E-state index >= 15 is 0 Å². The smallest absolute Gasteiger partial charge is 0.256 e. The van der Waals surface area contributed by atoms with Gasteiger partial charge in [0.15, 0.2) is 5.82 Å². The molecule has 0 aliphatic carbocycles. The van der Waals surface area contributed by atoms with Crippen LogP contribution in [0.5, 0.6) is 0 Å². The molecule has 0 spiro atoms. The van der Waals surface area contributed by atoms with E-state index in [0.29, 0.717) is 5.92 Å². The Morgan fingerprint density at radius 2 is 1.92 bits per heavy atom. The molecule has 1 aromatic carbocycles. The molecule has 0 unspecified atom stereocenters. The Hall–Kier alpha value is -2.76. The predicted molar refractivity (Wildman–Crippen MR) is 102 cm³/mol. The van der Waals surface area contributed by atoms with Crippen LogP contribution in [0.3, 0.4) is 0 Å². The second-order valence-electron chi connectivity index (χ2n) is 7.10. The van der Waals surface area contributed by atoms with Gasteiger partial charge in [-0.15, -0.1) is 5.10 Å². The fourth-order valence-electron chi connectivity index (χ4n) is 3.66. The molecule has 0 bridgehead atoms. The van der Waals surface area contributed by atoms with Crippen molar-refractivity contribution in [2.75, 3.05) is 18.0 Å². The lowest BCUT2D eigenvalue weighted by Gasteiger charge is -2.33. The van der Waals surface area contributed by atoms with Gasteiger partial charge in [0.25, 0.3) is 5.56 Å². The van der Waals surface area contributed by atoms with Crippen molar-refractivity contribution < 1.29 is 0 Å². The first-order chi connectivity index (χ1) is 12.6. The first-order valence-electron chi connectivity index (χ1n) is 9.11. The van der Waals surface area contributed by atoms with E-state index in [1.807, 2.05) is 32.2 Å². The third kappa shape index (κ3) is 3.07. The van der Waals surface area contributed by atoms with E-state index in [0.717, 1.165) is 60.3 Å². The van der Waals surface area contributed by atoms with Gasteiger partial charge in [-0.05, 0) is 32.6 Å². The van der Waals surface area contributed by atoms with Crippen molar-refractivity contribution in [3.8, 4) is 0 Å². The molecule has 0 atom stereocenters. The largest absolute Gasteiger partial charge is 0.355 e. The molecule has 0 saturated carbocycles. The van der Waals surface area contributed by atoms with Gasteiger partial charge in [-0.2, -0.15) is 5.10 Å². The topological polar surface area (TPSA) is 63.9 Å². The highest BCUT2D eigenvalue weighted by atomic mass is 16.1. The Morgan fingerprint density at radius 3 is 2.73 bits per heavy atom. The number of benzene rings is 1. The van der Waals surface area contributed by atoms with E-state index in [1.165, 1.54) is 0 Å². The van der Waals surface area contributed by atoms with Gasteiger partial charge < -0.3 is 4.90 Å². The van der Waals surface area contributed by atoms with Crippen molar-refractivity contribution in [2.24, 2.45) is 5.92 Å². The average Bonchev–Trinajstić information content (AvgIpc) is 2.69. The molecular formula is C20H23N5O. The first kappa shape index (κ1) is 16.7. The van der Waals surface area contributed by atoms with E-state index in [4.69, 9.17) is 0 Å². The highest BCUT2D eigenvalue weighted by Gasteiger charge is 2.22. The number of hydrogen-bond acceptors (Lipinski definition) is 5. The summed E-state index contributed by atoms with van der Waals surface area (Å²) in [5.41, 5.74) is 1.64. The fourth-order valence-corrected chi connectivity index (χ4v) is 3.66. The van der Waals surface area contributed by atoms with Crippen LogP contribution in [0.2, 0.25) is 0 Å². The van der Waals surface area contributed by atoms with Gasteiger partial charge in [0.2, 0.25) is 0 Å². The molecule has 1 aliphatic heterocycles. The first-order valence-corrected chi connectivity index (χ1v) is 9.11. The summed E-state index contributed by atoms with van der Waals surface area (Å²) in [5.74, 6) is 1.45. The number of aryl methyl sites for hydroxylation is 1. The Kier molecular flexibility index (Phi) is 4.41. The van der Waals surface area contributed by atoms with Crippen LogP contribution in [0.4, 0.5) is 5.82 Å². The van der Waals surface area contributed by atoms with E-state index in [1.54, 1.807) is 10.9 Å². The maximum absolute atomic E-state index is 12.4. The minimum absolute atomic E-state index is 0.0832. The monoisotopic (exact) mass is 349 g/mol. The summed E-state index contributed by atoms with van der Waals surface area (Å²) in [6.45, 7) is 6.33. The zero-order valence-electron chi connectivity index (χ0n) is 15.2. The Balaban J connectivity index is 1.48. The van der Waals surface area contributed by atoms with Crippen LogP contribution in [-0.4, -0.2) is 32.8 Å². The molecule has 6 nitrogen and oxygen atoms in total. The third-order valence-corrected chi connectivity index (χ3v) is 5.44. The van der Waals surface area contributed by atoms with Gasteiger partial charge in [-0.1, -0.05) is 24.3 Å². The average molecular weight is 349 g/mol. The van der Waals surface area contributed by atoms with E-state index in [9.17, 15) is 4.79 Å². The lowest BCUT2D eigenvalue weighted by Crippen LogP contribution is -2.37. The van der Waals surface area contributed by atoms with Gasteiger partial charge in [0, 0.05) is 41.7 Å². The molecule has 134 valence electrons. The summed E-state index contributed by atoms with van der Waals surface area (Å²) in [7, 11) is 0. The van der Waals surface area contributed by atoms with Crippen LogP contribution in [0, 0.1) is 19.8 Å². The van der Waals surface area contributed by atoms with Crippen LogP contribution < -0.4 is 10.5 Å². The molecule has 1 fully saturated rings. The summed E-state index contributed by atoms with van der Waals surface area (Å²) in [4.78, 5) is 19.0. The number of fused-ring (bicyclic) bond motifs is 1. The highest BCUT2D eigenvalue weighted by molar-refractivity contribution is 5.91. The summed E-state index contributed by atoms with van der Waals surface area (Å²) in [5, 5.41) is 10.8. The number of rotatable bonds is 3. The number of nitrogens with zero attached hydrogens (tertiary/aromatic N) is 5. The van der Waals surface area contributed by atoms with Gasteiger partial charge in [-0.3, -0.25) is 9.36 Å². The van der Waals surface area contributed by atoms with Crippen molar-refractivity contribution in [1.82, 2.24) is 19.7 Å². The number of aromatic nitrogens is 4. The summed E-state index contributed by atoms with van der Waals surface area (Å²) in [6.07, 6.45) is 5.56. The lowest BCUT2D eigenvalue weighted by atomic mass is 9.96. The number of hydrogen-bond donors (Lipinski definition) is 0. The molecule has 2 aromatic heterocycles.